The van der Waals surface area contributed by atoms with Gasteiger partial charge in [0.2, 0.25) is 0 Å². The summed E-state index contributed by atoms with van der Waals surface area (Å²) < 4.78 is 28.4. The first kappa shape index (κ1) is 15.7. The summed E-state index contributed by atoms with van der Waals surface area (Å²) in [4.78, 5) is 13.4. The molecule has 116 valence electrons. The van der Waals surface area contributed by atoms with Crippen molar-refractivity contribution >= 4 is 5.97 Å². The third-order valence-corrected chi connectivity index (χ3v) is 3.85. The van der Waals surface area contributed by atoms with Crippen molar-refractivity contribution in [2.45, 2.75) is 32.9 Å². The van der Waals surface area contributed by atoms with Crippen LogP contribution >= 0.6 is 0 Å². The van der Waals surface area contributed by atoms with Gasteiger partial charge in [0, 0.05) is 13.1 Å². The van der Waals surface area contributed by atoms with Crippen molar-refractivity contribution in [1.82, 2.24) is 4.90 Å². The van der Waals surface area contributed by atoms with Gasteiger partial charge in [-0.2, -0.15) is 8.78 Å². The van der Waals surface area contributed by atoms with E-state index >= 15 is 0 Å². The second-order valence-corrected chi connectivity index (χ2v) is 5.70. The van der Waals surface area contributed by atoms with Crippen LogP contribution in [0.1, 0.15) is 25.3 Å². The number of rotatable bonds is 5. The van der Waals surface area contributed by atoms with Gasteiger partial charge in [0.15, 0.2) is 0 Å². The molecular formula is C15H19F2NO3. The SMILES string of the molecule is CC1(C(=O)O)CCCN(Cc2ccc(OC(F)F)cc2)C1. The topological polar surface area (TPSA) is 49.8 Å². The fourth-order valence-electron chi connectivity index (χ4n) is 2.69. The van der Waals surface area contributed by atoms with Gasteiger partial charge in [-0.1, -0.05) is 12.1 Å². The zero-order valence-electron chi connectivity index (χ0n) is 11.9. The fraction of sp³-hybridized carbons (Fsp3) is 0.533. The Morgan fingerprint density at radius 3 is 2.67 bits per heavy atom. The lowest BCUT2D eigenvalue weighted by Gasteiger charge is -2.37. The quantitative estimate of drug-likeness (QED) is 0.908. The van der Waals surface area contributed by atoms with Crippen LogP contribution in [0.15, 0.2) is 24.3 Å². The molecule has 1 atom stereocenters. The minimum atomic E-state index is -2.82. The number of carboxylic acid groups (broad SMARTS) is 1. The molecule has 1 aliphatic rings. The molecule has 0 bridgehead atoms. The van der Waals surface area contributed by atoms with E-state index < -0.39 is 18.0 Å². The van der Waals surface area contributed by atoms with Crippen molar-refractivity contribution in [3.05, 3.63) is 29.8 Å². The first-order valence-corrected chi connectivity index (χ1v) is 6.88. The smallest absolute Gasteiger partial charge is 0.387 e. The van der Waals surface area contributed by atoms with Gasteiger partial charge in [-0.05, 0) is 44.0 Å². The number of hydrogen-bond donors (Lipinski definition) is 1. The molecule has 0 saturated carbocycles. The number of ether oxygens (including phenoxy) is 1. The van der Waals surface area contributed by atoms with E-state index in [4.69, 9.17) is 0 Å². The van der Waals surface area contributed by atoms with Crippen LogP contribution in [0.5, 0.6) is 5.75 Å². The number of carboxylic acids is 1. The summed E-state index contributed by atoms with van der Waals surface area (Å²) in [6.45, 7) is 0.892. The molecule has 1 aromatic rings. The van der Waals surface area contributed by atoms with Crippen LogP contribution in [0.3, 0.4) is 0 Å². The van der Waals surface area contributed by atoms with Gasteiger partial charge in [0.25, 0.3) is 0 Å². The van der Waals surface area contributed by atoms with Crippen molar-refractivity contribution in [2.75, 3.05) is 13.1 Å². The molecule has 21 heavy (non-hydrogen) atoms. The maximum Gasteiger partial charge on any atom is 0.387 e. The number of benzene rings is 1. The van der Waals surface area contributed by atoms with E-state index in [2.05, 4.69) is 9.64 Å². The maximum atomic E-state index is 12.1. The first-order valence-electron chi connectivity index (χ1n) is 6.88. The molecule has 1 aromatic carbocycles. The van der Waals surface area contributed by atoms with E-state index in [0.29, 0.717) is 19.5 Å². The molecule has 0 amide bonds. The van der Waals surface area contributed by atoms with Crippen LogP contribution in [0.25, 0.3) is 0 Å². The normalized spacial score (nSPS) is 23.2. The number of hydrogen-bond acceptors (Lipinski definition) is 3. The van der Waals surface area contributed by atoms with Crippen LogP contribution in [0.2, 0.25) is 0 Å². The molecule has 1 saturated heterocycles. The predicted molar refractivity (Wildman–Crippen MR) is 73.3 cm³/mol. The molecule has 2 rings (SSSR count). The highest BCUT2D eigenvalue weighted by molar-refractivity contribution is 5.74. The summed E-state index contributed by atoms with van der Waals surface area (Å²) in [7, 11) is 0. The van der Waals surface area contributed by atoms with E-state index in [0.717, 1.165) is 18.5 Å². The zero-order chi connectivity index (χ0) is 15.5. The minimum Gasteiger partial charge on any atom is -0.481 e. The molecular weight excluding hydrogens is 280 g/mol. The van der Waals surface area contributed by atoms with Gasteiger partial charge < -0.3 is 9.84 Å². The Kier molecular flexibility index (Phi) is 4.77. The van der Waals surface area contributed by atoms with Crippen molar-refractivity contribution in [3.8, 4) is 5.75 Å². The van der Waals surface area contributed by atoms with E-state index in [1.165, 1.54) is 12.1 Å². The molecule has 0 radical (unpaired) electrons. The lowest BCUT2D eigenvalue weighted by atomic mass is 9.82. The third kappa shape index (κ3) is 4.14. The molecule has 0 aromatic heterocycles. The lowest BCUT2D eigenvalue weighted by Crippen LogP contribution is -2.45. The Morgan fingerprint density at radius 1 is 1.43 bits per heavy atom. The number of aliphatic carboxylic acids is 1. The van der Waals surface area contributed by atoms with Gasteiger partial charge in [0.05, 0.1) is 5.41 Å². The van der Waals surface area contributed by atoms with Crippen molar-refractivity contribution in [3.63, 3.8) is 0 Å². The standard InChI is InChI=1S/C15H19F2NO3/c1-15(13(19)20)7-2-8-18(10-15)9-11-3-5-12(6-4-11)21-14(16)17/h3-6,14H,2,7-10H2,1H3,(H,19,20). The second-order valence-electron chi connectivity index (χ2n) is 5.70. The number of piperidine rings is 1. The van der Waals surface area contributed by atoms with E-state index in [9.17, 15) is 18.7 Å². The van der Waals surface area contributed by atoms with Gasteiger partial charge in [0.1, 0.15) is 5.75 Å². The lowest BCUT2D eigenvalue weighted by molar-refractivity contribution is -0.151. The first-order chi connectivity index (χ1) is 9.89. The highest BCUT2D eigenvalue weighted by atomic mass is 19.3. The third-order valence-electron chi connectivity index (χ3n) is 3.85. The highest BCUT2D eigenvalue weighted by Gasteiger charge is 2.37. The molecule has 1 unspecified atom stereocenters. The monoisotopic (exact) mass is 299 g/mol. The molecule has 1 heterocycles. The van der Waals surface area contributed by atoms with Crippen molar-refractivity contribution < 1.29 is 23.4 Å². The van der Waals surface area contributed by atoms with Gasteiger partial charge in [-0.15, -0.1) is 0 Å². The Morgan fingerprint density at radius 2 is 2.10 bits per heavy atom. The number of alkyl halides is 2. The second kappa shape index (κ2) is 6.39. The van der Waals surface area contributed by atoms with Crippen LogP contribution in [0.4, 0.5) is 8.78 Å². The van der Waals surface area contributed by atoms with Crippen LogP contribution in [-0.4, -0.2) is 35.7 Å². The molecule has 0 spiro atoms. The minimum absolute atomic E-state index is 0.128. The number of carbonyl (C=O) groups is 1. The Balaban J connectivity index is 1.96. The maximum absolute atomic E-state index is 12.1. The van der Waals surface area contributed by atoms with E-state index in [-0.39, 0.29) is 5.75 Å². The highest BCUT2D eigenvalue weighted by Crippen LogP contribution is 2.30. The summed E-state index contributed by atoms with van der Waals surface area (Å²) in [5, 5.41) is 9.29. The summed E-state index contributed by atoms with van der Waals surface area (Å²) in [6, 6.07) is 6.46. The molecule has 1 N–H and O–H groups in total. The molecule has 4 nitrogen and oxygen atoms in total. The Hall–Kier alpha value is -1.69. The van der Waals surface area contributed by atoms with Crippen molar-refractivity contribution in [2.24, 2.45) is 5.41 Å². The molecule has 1 fully saturated rings. The van der Waals surface area contributed by atoms with Gasteiger partial charge >= 0.3 is 12.6 Å². The average Bonchev–Trinajstić information content (AvgIpc) is 2.40. The molecule has 0 aliphatic carbocycles. The zero-order valence-corrected chi connectivity index (χ0v) is 11.9. The van der Waals surface area contributed by atoms with Crippen LogP contribution < -0.4 is 4.74 Å². The van der Waals surface area contributed by atoms with E-state index in [1.54, 1.807) is 19.1 Å². The van der Waals surface area contributed by atoms with E-state index in [1.807, 2.05) is 0 Å². The Bertz CT molecular complexity index is 492. The summed E-state index contributed by atoms with van der Waals surface area (Å²) >= 11 is 0. The largest absolute Gasteiger partial charge is 0.481 e. The summed E-state index contributed by atoms with van der Waals surface area (Å²) in [5.74, 6) is -0.643. The van der Waals surface area contributed by atoms with Crippen LogP contribution in [-0.2, 0) is 11.3 Å². The Labute approximate surface area is 122 Å². The number of nitrogens with zero attached hydrogens (tertiary/aromatic N) is 1. The predicted octanol–water partition coefficient (Wildman–Crippen LogP) is 2.97. The number of halogens is 2. The average molecular weight is 299 g/mol. The fourth-order valence-corrected chi connectivity index (χ4v) is 2.69. The molecule has 6 heteroatoms. The van der Waals surface area contributed by atoms with Gasteiger partial charge in [-0.25, -0.2) is 0 Å². The van der Waals surface area contributed by atoms with Gasteiger partial charge in [-0.3, -0.25) is 9.69 Å². The molecule has 1 aliphatic heterocycles. The van der Waals surface area contributed by atoms with Crippen LogP contribution in [0, 0.1) is 5.41 Å². The number of likely N-dealkylation sites (tertiary alicyclic amines) is 1. The summed E-state index contributed by atoms with van der Waals surface area (Å²) in [6.07, 6.45) is 1.52. The summed E-state index contributed by atoms with van der Waals surface area (Å²) in [5.41, 5.74) is 0.239. The van der Waals surface area contributed by atoms with Crippen molar-refractivity contribution in [1.29, 1.82) is 0 Å².